The molecule has 1 aliphatic heterocycles. The Labute approximate surface area is 98.6 Å². The van der Waals surface area contributed by atoms with Gasteiger partial charge in [0.15, 0.2) is 5.75 Å². The summed E-state index contributed by atoms with van der Waals surface area (Å²) in [6, 6.07) is 3.82. The lowest BCUT2D eigenvalue weighted by molar-refractivity contribution is 0.236. The van der Waals surface area contributed by atoms with Crippen molar-refractivity contribution in [1.82, 2.24) is 9.88 Å². The van der Waals surface area contributed by atoms with Gasteiger partial charge in [-0.2, -0.15) is 0 Å². The van der Waals surface area contributed by atoms with Crippen molar-refractivity contribution in [3.63, 3.8) is 0 Å². The smallest absolute Gasteiger partial charge is 0.152 e. The van der Waals surface area contributed by atoms with Gasteiger partial charge in [0.2, 0.25) is 0 Å². The molecular weight excluding hydrogens is 256 g/mol. The summed E-state index contributed by atoms with van der Waals surface area (Å²) >= 11 is 3.36. The van der Waals surface area contributed by atoms with Crippen molar-refractivity contribution in [2.24, 2.45) is 0 Å². The lowest BCUT2D eigenvalue weighted by Gasteiger charge is -2.15. The summed E-state index contributed by atoms with van der Waals surface area (Å²) in [6.07, 6.45) is 4.41. The fraction of sp³-hybridized carbons (Fsp3) is 0.545. The molecular formula is C11H15BrN2O. The van der Waals surface area contributed by atoms with Gasteiger partial charge in [0.05, 0.1) is 0 Å². The molecule has 0 atom stereocenters. The van der Waals surface area contributed by atoms with Crippen molar-refractivity contribution in [2.75, 3.05) is 26.2 Å². The normalized spacial score (nSPS) is 16.9. The Hall–Kier alpha value is -0.610. The van der Waals surface area contributed by atoms with Crippen molar-refractivity contribution in [3.8, 4) is 5.75 Å². The topological polar surface area (TPSA) is 25.4 Å². The van der Waals surface area contributed by atoms with Crippen LogP contribution in [0.5, 0.6) is 5.75 Å². The number of halogens is 1. The number of hydrogen-bond donors (Lipinski definition) is 0. The van der Waals surface area contributed by atoms with E-state index in [1.54, 1.807) is 6.20 Å². The van der Waals surface area contributed by atoms with Crippen LogP contribution in [0.4, 0.5) is 0 Å². The number of nitrogens with zero attached hydrogens (tertiary/aromatic N) is 2. The highest BCUT2D eigenvalue weighted by Gasteiger charge is 2.11. The summed E-state index contributed by atoms with van der Waals surface area (Å²) in [7, 11) is 0. The van der Waals surface area contributed by atoms with Gasteiger partial charge in [-0.3, -0.25) is 4.90 Å². The molecule has 2 heterocycles. The number of aromatic nitrogens is 1. The Bertz CT molecular complexity index is 313. The first-order chi connectivity index (χ1) is 7.36. The Kier molecular flexibility index (Phi) is 3.97. The van der Waals surface area contributed by atoms with E-state index < -0.39 is 0 Å². The van der Waals surface area contributed by atoms with Crippen LogP contribution >= 0.6 is 15.9 Å². The number of pyridine rings is 1. The summed E-state index contributed by atoms with van der Waals surface area (Å²) in [6.45, 7) is 4.20. The van der Waals surface area contributed by atoms with E-state index in [4.69, 9.17) is 4.74 Å². The summed E-state index contributed by atoms with van der Waals surface area (Å²) in [5.74, 6) is 0.830. The molecule has 0 saturated carbocycles. The zero-order valence-corrected chi connectivity index (χ0v) is 10.2. The standard InChI is InChI=1S/C11H15BrN2O/c12-11-10(4-3-5-13-11)15-9-8-14-6-1-2-7-14/h3-5H,1-2,6-9H2. The molecule has 0 N–H and O–H groups in total. The molecule has 0 spiro atoms. The minimum absolute atomic E-state index is 0.740. The van der Waals surface area contributed by atoms with Crippen LogP contribution in [0.1, 0.15) is 12.8 Å². The lowest BCUT2D eigenvalue weighted by Crippen LogP contribution is -2.25. The van der Waals surface area contributed by atoms with Crippen LogP contribution in [0.3, 0.4) is 0 Å². The zero-order chi connectivity index (χ0) is 10.5. The number of ether oxygens (including phenoxy) is 1. The van der Waals surface area contributed by atoms with Crippen LogP contribution in [0, 0.1) is 0 Å². The second-order valence-corrected chi connectivity index (χ2v) is 4.44. The number of rotatable bonds is 4. The van der Waals surface area contributed by atoms with Gasteiger partial charge in [-0.1, -0.05) is 0 Å². The number of likely N-dealkylation sites (tertiary alicyclic amines) is 1. The maximum atomic E-state index is 5.65. The Morgan fingerprint density at radius 2 is 2.20 bits per heavy atom. The summed E-state index contributed by atoms with van der Waals surface area (Å²) in [5.41, 5.74) is 0. The third-order valence-electron chi connectivity index (χ3n) is 2.59. The molecule has 1 fully saturated rings. The van der Waals surface area contributed by atoms with E-state index in [-0.39, 0.29) is 0 Å². The molecule has 15 heavy (non-hydrogen) atoms. The largest absolute Gasteiger partial charge is 0.489 e. The van der Waals surface area contributed by atoms with E-state index in [1.165, 1.54) is 25.9 Å². The Morgan fingerprint density at radius 1 is 1.40 bits per heavy atom. The highest BCUT2D eigenvalue weighted by Crippen LogP contribution is 2.20. The summed E-state index contributed by atoms with van der Waals surface area (Å²) in [5, 5.41) is 0. The molecule has 1 saturated heterocycles. The van der Waals surface area contributed by atoms with Crippen LogP contribution in [0.15, 0.2) is 22.9 Å². The zero-order valence-electron chi connectivity index (χ0n) is 8.66. The second kappa shape index (κ2) is 5.47. The molecule has 3 nitrogen and oxygen atoms in total. The fourth-order valence-corrected chi connectivity index (χ4v) is 2.13. The molecule has 0 unspecified atom stereocenters. The molecule has 82 valence electrons. The average Bonchev–Trinajstić information content (AvgIpc) is 2.74. The van der Waals surface area contributed by atoms with Crippen LogP contribution in [0.25, 0.3) is 0 Å². The van der Waals surface area contributed by atoms with Gasteiger partial charge in [-0.15, -0.1) is 0 Å². The first-order valence-corrected chi connectivity index (χ1v) is 6.11. The molecule has 0 bridgehead atoms. The van der Waals surface area contributed by atoms with Crippen molar-refractivity contribution in [2.45, 2.75) is 12.8 Å². The first kappa shape index (κ1) is 10.9. The molecule has 2 rings (SSSR count). The Balaban J connectivity index is 1.75. The van der Waals surface area contributed by atoms with Gasteiger partial charge in [0.1, 0.15) is 11.2 Å². The maximum Gasteiger partial charge on any atom is 0.152 e. The van der Waals surface area contributed by atoms with E-state index in [0.29, 0.717) is 0 Å². The van der Waals surface area contributed by atoms with Gasteiger partial charge < -0.3 is 4.74 Å². The van der Waals surface area contributed by atoms with E-state index in [0.717, 1.165) is 23.5 Å². The van der Waals surface area contributed by atoms with Gasteiger partial charge in [0, 0.05) is 12.7 Å². The van der Waals surface area contributed by atoms with E-state index in [2.05, 4.69) is 25.8 Å². The van der Waals surface area contributed by atoms with Gasteiger partial charge in [-0.25, -0.2) is 4.98 Å². The van der Waals surface area contributed by atoms with Crippen molar-refractivity contribution in [1.29, 1.82) is 0 Å². The minimum atomic E-state index is 0.740. The minimum Gasteiger partial charge on any atom is -0.489 e. The monoisotopic (exact) mass is 270 g/mol. The molecule has 1 aromatic rings. The molecule has 0 aliphatic carbocycles. The highest BCUT2D eigenvalue weighted by atomic mass is 79.9. The predicted molar refractivity (Wildman–Crippen MR) is 63.1 cm³/mol. The van der Waals surface area contributed by atoms with Crippen LogP contribution in [-0.4, -0.2) is 36.1 Å². The molecule has 1 aromatic heterocycles. The van der Waals surface area contributed by atoms with Gasteiger partial charge in [0.25, 0.3) is 0 Å². The van der Waals surface area contributed by atoms with Crippen LogP contribution < -0.4 is 4.74 Å². The highest BCUT2D eigenvalue weighted by molar-refractivity contribution is 9.10. The van der Waals surface area contributed by atoms with Gasteiger partial charge >= 0.3 is 0 Å². The van der Waals surface area contributed by atoms with Gasteiger partial charge in [-0.05, 0) is 54.0 Å². The first-order valence-electron chi connectivity index (χ1n) is 5.32. The van der Waals surface area contributed by atoms with Crippen LogP contribution in [-0.2, 0) is 0 Å². The third-order valence-corrected chi connectivity index (χ3v) is 3.18. The lowest BCUT2D eigenvalue weighted by atomic mass is 10.4. The quantitative estimate of drug-likeness (QED) is 0.786. The molecule has 0 aromatic carbocycles. The molecule has 4 heteroatoms. The molecule has 0 amide bonds. The molecule has 0 radical (unpaired) electrons. The fourth-order valence-electron chi connectivity index (χ4n) is 1.77. The second-order valence-electron chi connectivity index (χ2n) is 3.69. The third kappa shape index (κ3) is 3.18. The van der Waals surface area contributed by atoms with E-state index in [9.17, 15) is 0 Å². The molecule has 1 aliphatic rings. The SMILES string of the molecule is Brc1ncccc1OCCN1CCCC1. The Morgan fingerprint density at radius 3 is 2.93 bits per heavy atom. The van der Waals surface area contributed by atoms with Crippen molar-refractivity contribution in [3.05, 3.63) is 22.9 Å². The predicted octanol–water partition coefficient (Wildman–Crippen LogP) is 2.32. The summed E-state index contributed by atoms with van der Waals surface area (Å²) < 4.78 is 6.43. The summed E-state index contributed by atoms with van der Waals surface area (Å²) in [4.78, 5) is 6.54. The maximum absolute atomic E-state index is 5.65. The van der Waals surface area contributed by atoms with Crippen molar-refractivity contribution < 1.29 is 4.74 Å². The van der Waals surface area contributed by atoms with E-state index in [1.807, 2.05) is 12.1 Å². The van der Waals surface area contributed by atoms with E-state index >= 15 is 0 Å². The van der Waals surface area contributed by atoms with Crippen molar-refractivity contribution >= 4 is 15.9 Å². The van der Waals surface area contributed by atoms with Crippen LogP contribution in [0.2, 0.25) is 0 Å². The number of hydrogen-bond acceptors (Lipinski definition) is 3. The average molecular weight is 271 g/mol.